The third kappa shape index (κ3) is 2.51. The Labute approximate surface area is 112 Å². The van der Waals surface area contributed by atoms with Crippen molar-refractivity contribution < 1.29 is 19.7 Å². The van der Waals surface area contributed by atoms with Crippen LogP contribution in [0.2, 0.25) is 0 Å². The predicted molar refractivity (Wildman–Crippen MR) is 71.3 cm³/mol. The van der Waals surface area contributed by atoms with Gasteiger partial charge >= 0.3 is 5.97 Å². The number of aliphatic hydroxyl groups is 1. The van der Waals surface area contributed by atoms with E-state index < -0.39 is 12.1 Å². The molecule has 1 heterocycles. The van der Waals surface area contributed by atoms with Crippen molar-refractivity contribution in [2.24, 2.45) is 0 Å². The third-order valence-corrected chi connectivity index (χ3v) is 3.43. The van der Waals surface area contributed by atoms with Crippen LogP contribution in [0.25, 0.3) is 0 Å². The van der Waals surface area contributed by atoms with Crippen LogP contribution in [0.1, 0.15) is 30.6 Å². The molecule has 0 fully saturated rings. The van der Waals surface area contributed by atoms with Crippen molar-refractivity contribution in [2.75, 3.05) is 25.1 Å². The monoisotopic (exact) mass is 265 g/mol. The normalized spacial score (nSPS) is 15.8. The first-order valence-electron chi connectivity index (χ1n) is 6.46. The van der Waals surface area contributed by atoms with Crippen molar-refractivity contribution in [1.29, 1.82) is 0 Å². The number of benzene rings is 1. The second kappa shape index (κ2) is 5.48. The van der Waals surface area contributed by atoms with E-state index in [0.29, 0.717) is 0 Å². The van der Waals surface area contributed by atoms with Gasteiger partial charge in [-0.05, 0) is 25.8 Å². The molecule has 5 nitrogen and oxygen atoms in total. The lowest BCUT2D eigenvalue weighted by molar-refractivity contribution is -0.153. The van der Waals surface area contributed by atoms with Crippen molar-refractivity contribution in [3.05, 3.63) is 23.3 Å². The number of fused-ring (bicyclic) bond motifs is 1. The summed E-state index contributed by atoms with van der Waals surface area (Å²) in [5.74, 6) is -0.730. The molecule has 104 valence electrons. The Morgan fingerprint density at radius 1 is 1.53 bits per heavy atom. The summed E-state index contributed by atoms with van der Waals surface area (Å²) >= 11 is 0. The molecule has 2 N–H and O–H groups in total. The summed E-state index contributed by atoms with van der Waals surface area (Å²) < 4.78 is 4.77. The molecule has 5 heteroatoms. The smallest absolute Gasteiger partial charge is 0.339 e. The number of aliphatic hydroxyl groups excluding tert-OH is 1. The Kier molecular flexibility index (Phi) is 3.95. The number of hydrogen-bond donors (Lipinski definition) is 2. The molecule has 0 amide bonds. The molecule has 1 aliphatic rings. The highest BCUT2D eigenvalue weighted by atomic mass is 16.5. The number of phenolic OH excluding ortho intramolecular Hbond substituents is 1. The maximum atomic E-state index is 11.5. The van der Waals surface area contributed by atoms with Crippen LogP contribution in [0, 0.1) is 0 Å². The molecule has 0 spiro atoms. The number of phenols is 1. The Morgan fingerprint density at radius 3 is 2.95 bits per heavy atom. The first kappa shape index (κ1) is 13.7. The van der Waals surface area contributed by atoms with Gasteiger partial charge < -0.3 is 19.8 Å². The van der Waals surface area contributed by atoms with Crippen LogP contribution in [0.15, 0.2) is 12.1 Å². The fraction of sp³-hybridized carbons (Fsp3) is 0.500. The van der Waals surface area contributed by atoms with E-state index in [9.17, 15) is 15.0 Å². The Morgan fingerprint density at radius 2 is 2.26 bits per heavy atom. The van der Waals surface area contributed by atoms with E-state index in [2.05, 4.69) is 4.90 Å². The zero-order chi connectivity index (χ0) is 14.0. The molecule has 1 aromatic carbocycles. The standard InChI is InChI=1S/C14H19NO4/c1-3-19-14(18)13(17)10-6-7-11-9(12(10)16)5-4-8-15(11)2/h6-7,13,16-17H,3-5,8H2,1-2H3. The van der Waals surface area contributed by atoms with Gasteiger partial charge in [0.2, 0.25) is 0 Å². The highest BCUT2D eigenvalue weighted by molar-refractivity contribution is 5.78. The summed E-state index contributed by atoms with van der Waals surface area (Å²) in [6, 6.07) is 3.41. The minimum atomic E-state index is -1.43. The molecule has 1 aromatic rings. The molecule has 0 aromatic heterocycles. The van der Waals surface area contributed by atoms with Gasteiger partial charge in [0.15, 0.2) is 6.10 Å². The van der Waals surface area contributed by atoms with Gasteiger partial charge in [0, 0.05) is 30.4 Å². The van der Waals surface area contributed by atoms with Gasteiger partial charge in [0.1, 0.15) is 5.75 Å². The molecule has 0 saturated heterocycles. The lowest BCUT2D eigenvalue weighted by atomic mass is 9.96. The fourth-order valence-electron chi connectivity index (χ4n) is 2.43. The lowest BCUT2D eigenvalue weighted by Gasteiger charge is -2.29. The van der Waals surface area contributed by atoms with Crippen molar-refractivity contribution in [2.45, 2.75) is 25.9 Å². The van der Waals surface area contributed by atoms with Crippen LogP contribution in [-0.2, 0) is 16.0 Å². The molecule has 1 atom stereocenters. The van der Waals surface area contributed by atoms with Crippen LogP contribution in [0.5, 0.6) is 5.75 Å². The zero-order valence-electron chi connectivity index (χ0n) is 11.2. The summed E-state index contributed by atoms with van der Waals surface area (Å²) in [4.78, 5) is 13.6. The Bertz CT molecular complexity index is 487. The number of anilines is 1. The molecule has 0 radical (unpaired) electrons. The SMILES string of the molecule is CCOC(=O)C(O)c1ccc2c(c1O)CCCN2C. The quantitative estimate of drug-likeness (QED) is 0.808. The van der Waals surface area contributed by atoms with E-state index in [0.717, 1.165) is 30.6 Å². The molecule has 19 heavy (non-hydrogen) atoms. The number of ether oxygens (including phenoxy) is 1. The number of esters is 1. The first-order valence-corrected chi connectivity index (χ1v) is 6.46. The van der Waals surface area contributed by atoms with Crippen LogP contribution in [0.4, 0.5) is 5.69 Å². The largest absolute Gasteiger partial charge is 0.507 e. The van der Waals surface area contributed by atoms with E-state index in [-0.39, 0.29) is 17.9 Å². The number of carbonyl (C=O) groups is 1. The van der Waals surface area contributed by atoms with Gasteiger partial charge in [-0.25, -0.2) is 4.79 Å². The maximum absolute atomic E-state index is 11.5. The second-order valence-corrected chi connectivity index (χ2v) is 4.68. The van der Waals surface area contributed by atoms with E-state index in [1.807, 2.05) is 13.1 Å². The zero-order valence-corrected chi connectivity index (χ0v) is 11.2. The van der Waals surface area contributed by atoms with Gasteiger partial charge in [0.25, 0.3) is 0 Å². The summed E-state index contributed by atoms with van der Waals surface area (Å²) in [6.45, 7) is 2.81. The number of hydrogen-bond acceptors (Lipinski definition) is 5. The molecular formula is C14H19NO4. The fourth-order valence-corrected chi connectivity index (χ4v) is 2.43. The van der Waals surface area contributed by atoms with Crippen LogP contribution < -0.4 is 4.90 Å². The van der Waals surface area contributed by atoms with Gasteiger partial charge in [-0.1, -0.05) is 6.07 Å². The van der Waals surface area contributed by atoms with E-state index >= 15 is 0 Å². The summed E-state index contributed by atoms with van der Waals surface area (Å²) in [6.07, 6.45) is 0.253. The van der Waals surface area contributed by atoms with Gasteiger partial charge in [-0.3, -0.25) is 0 Å². The molecule has 0 saturated carbocycles. The number of carbonyl (C=O) groups excluding carboxylic acids is 1. The van der Waals surface area contributed by atoms with Gasteiger partial charge in [-0.2, -0.15) is 0 Å². The third-order valence-electron chi connectivity index (χ3n) is 3.43. The molecular weight excluding hydrogens is 246 g/mol. The van der Waals surface area contributed by atoms with Crippen molar-refractivity contribution in [3.63, 3.8) is 0 Å². The van der Waals surface area contributed by atoms with Crippen molar-refractivity contribution in [3.8, 4) is 5.75 Å². The highest BCUT2D eigenvalue weighted by Gasteiger charge is 2.26. The summed E-state index contributed by atoms with van der Waals surface area (Å²) in [5, 5.41) is 20.2. The average Bonchev–Trinajstić information content (AvgIpc) is 2.40. The maximum Gasteiger partial charge on any atom is 0.339 e. The highest BCUT2D eigenvalue weighted by Crippen LogP contribution is 2.38. The number of nitrogens with zero attached hydrogens (tertiary/aromatic N) is 1. The Hall–Kier alpha value is -1.75. The summed E-state index contributed by atoms with van der Waals surface area (Å²) in [5.41, 5.74) is 1.95. The Balaban J connectivity index is 2.36. The number of aromatic hydroxyl groups is 1. The van der Waals surface area contributed by atoms with Crippen LogP contribution >= 0.6 is 0 Å². The molecule has 0 bridgehead atoms. The minimum Gasteiger partial charge on any atom is -0.507 e. The van der Waals surface area contributed by atoms with Crippen LogP contribution in [0.3, 0.4) is 0 Å². The molecule has 2 rings (SSSR count). The minimum absolute atomic E-state index is 0.00426. The molecule has 1 aliphatic heterocycles. The topological polar surface area (TPSA) is 70.0 Å². The predicted octanol–water partition coefficient (Wildman–Crippen LogP) is 1.37. The van der Waals surface area contributed by atoms with Crippen molar-refractivity contribution >= 4 is 11.7 Å². The molecule has 0 aliphatic carbocycles. The van der Waals surface area contributed by atoms with Gasteiger partial charge in [0.05, 0.1) is 6.61 Å². The van der Waals surface area contributed by atoms with E-state index in [1.54, 1.807) is 13.0 Å². The van der Waals surface area contributed by atoms with E-state index in [1.165, 1.54) is 0 Å². The van der Waals surface area contributed by atoms with Gasteiger partial charge in [-0.15, -0.1) is 0 Å². The molecule has 1 unspecified atom stereocenters. The average molecular weight is 265 g/mol. The summed E-state index contributed by atoms with van der Waals surface area (Å²) in [7, 11) is 1.96. The second-order valence-electron chi connectivity index (χ2n) is 4.68. The number of rotatable bonds is 3. The van der Waals surface area contributed by atoms with E-state index in [4.69, 9.17) is 4.74 Å². The van der Waals surface area contributed by atoms with Crippen molar-refractivity contribution in [1.82, 2.24) is 0 Å². The lowest BCUT2D eigenvalue weighted by Crippen LogP contribution is -2.25. The van der Waals surface area contributed by atoms with Crippen LogP contribution in [-0.4, -0.2) is 36.4 Å². The first-order chi connectivity index (χ1) is 9.06.